The maximum atomic E-state index is 14.8. The number of hydrogen-bond donors (Lipinski definition) is 1. The molecule has 0 spiro atoms. The van der Waals surface area contributed by atoms with Crippen LogP contribution in [0.1, 0.15) is 24.0 Å². The highest BCUT2D eigenvalue weighted by Crippen LogP contribution is 2.25. The number of aryl methyl sites for hydroxylation is 1. The second kappa shape index (κ2) is 6.68. The van der Waals surface area contributed by atoms with Gasteiger partial charge in [-0.2, -0.15) is 5.10 Å². The molecule has 0 bridgehead atoms. The Balaban J connectivity index is 1.66. The lowest BCUT2D eigenvalue weighted by molar-refractivity contribution is -0.670. The van der Waals surface area contributed by atoms with Gasteiger partial charge in [0.05, 0.1) is 12.7 Å². The summed E-state index contributed by atoms with van der Waals surface area (Å²) in [6.07, 6.45) is 7.80. The summed E-state index contributed by atoms with van der Waals surface area (Å²) in [5.41, 5.74) is 1.83. The van der Waals surface area contributed by atoms with Gasteiger partial charge in [-0.05, 0) is 25.0 Å². The zero-order valence-electron chi connectivity index (χ0n) is 14.5. The van der Waals surface area contributed by atoms with Crippen molar-refractivity contribution in [2.24, 2.45) is 7.05 Å². The number of likely N-dealkylation sites (tertiary alicyclic amines) is 1. The van der Waals surface area contributed by atoms with E-state index in [-0.39, 0.29) is 6.54 Å². The van der Waals surface area contributed by atoms with E-state index in [1.807, 2.05) is 35.0 Å². The third kappa shape index (κ3) is 3.05. The van der Waals surface area contributed by atoms with Gasteiger partial charge in [0.25, 0.3) is 0 Å². The van der Waals surface area contributed by atoms with Gasteiger partial charge in [-0.1, -0.05) is 11.6 Å². The fourth-order valence-electron chi connectivity index (χ4n) is 3.40. The number of benzene rings is 1. The molecule has 1 N–H and O–H groups in total. The second-order valence-electron chi connectivity index (χ2n) is 6.71. The largest absolute Gasteiger partial charge is 0.357 e. The van der Waals surface area contributed by atoms with Crippen LogP contribution in [-0.4, -0.2) is 33.6 Å². The predicted octanol–water partition coefficient (Wildman–Crippen LogP) is 3.12. The number of pyridine rings is 1. The first-order valence-corrected chi connectivity index (χ1v) is 9.03. The summed E-state index contributed by atoms with van der Waals surface area (Å²) >= 11 is 6.38. The molecule has 3 aromatic rings. The Labute approximate surface area is 156 Å². The Kier molecular flexibility index (Phi) is 4.36. The van der Waals surface area contributed by atoms with Crippen LogP contribution in [0.2, 0.25) is 5.02 Å². The van der Waals surface area contributed by atoms with Gasteiger partial charge in [0.2, 0.25) is 0 Å². The molecule has 26 heavy (non-hydrogen) atoms. The topological polar surface area (TPSA) is 48.8 Å². The minimum atomic E-state index is -0.402. The summed E-state index contributed by atoms with van der Waals surface area (Å²) in [5.74, 6) is -0.0631. The van der Waals surface area contributed by atoms with Crippen molar-refractivity contribution in [2.45, 2.75) is 19.4 Å². The average molecular weight is 373 g/mol. The summed E-state index contributed by atoms with van der Waals surface area (Å²) in [5, 5.41) is 14.0. The molecule has 0 amide bonds. The maximum Gasteiger partial charge on any atom is 0.194 e. The molecular weight excluding hydrogens is 353 g/mol. The quantitative estimate of drug-likeness (QED) is 0.436. The Bertz CT molecular complexity index is 968. The zero-order chi connectivity index (χ0) is 18.3. The van der Waals surface area contributed by atoms with Crippen LogP contribution in [0.3, 0.4) is 0 Å². The molecule has 134 valence electrons. The number of amidine groups is 1. The van der Waals surface area contributed by atoms with E-state index >= 15 is 0 Å². The first kappa shape index (κ1) is 17.0. The van der Waals surface area contributed by atoms with Crippen molar-refractivity contribution in [3.8, 4) is 0 Å². The van der Waals surface area contributed by atoms with E-state index in [2.05, 4.69) is 5.10 Å². The molecule has 2 aromatic heterocycles. The molecule has 0 aliphatic carbocycles. The lowest BCUT2D eigenvalue weighted by Gasteiger charge is -2.19. The number of nitrogens with one attached hydrogen (secondary N) is 1. The van der Waals surface area contributed by atoms with Gasteiger partial charge in [0.15, 0.2) is 12.4 Å². The van der Waals surface area contributed by atoms with Crippen LogP contribution in [0.5, 0.6) is 0 Å². The van der Waals surface area contributed by atoms with Gasteiger partial charge in [-0.15, -0.1) is 0 Å². The van der Waals surface area contributed by atoms with Crippen molar-refractivity contribution in [2.75, 3.05) is 13.1 Å². The molecule has 0 unspecified atom stereocenters. The number of halogens is 2. The predicted molar refractivity (Wildman–Crippen MR) is 99.1 cm³/mol. The first-order valence-electron chi connectivity index (χ1n) is 8.65. The number of rotatable bonds is 3. The molecule has 0 saturated carbocycles. The molecule has 0 atom stereocenters. The minimum absolute atomic E-state index is 0.246. The molecule has 4 rings (SSSR count). The highest BCUT2D eigenvalue weighted by atomic mass is 35.5. The first-order chi connectivity index (χ1) is 12.5. The SMILES string of the molecule is C[n+]1ccc2cnn(Cc3c(F)cc(C(=N)N4CCCC4)cc3Cl)c2c1. The van der Waals surface area contributed by atoms with Crippen LogP contribution in [0.15, 0.2) is 36.8 Å². The van der Waals surface area contributed by atoms with Crippen LogP contribution in [0.25, 0.3) is 10.9 Å². The second-order valence-corrected chi connectivity index (χ2v) is 7.12. The molecule has 3 heterocycles. The van der Waals surface area contributed by atoms with Gasteiger partial charge >= 0.3 is 0 Å². The van der Waals surface area contributed by atoms with Crippen LogP contribution >= 0.6 is 11.6 Å². The lowest BCUT2D eigenvalue weighted by atomic mass is 10.1. The van der Waals surface area contributed by atoms with E-state index in [4.69, 9.17) is 17.0 Å². The Hall–Kier alpha value is -2.47. The van der Waals surface area contributed by atoms with E-state index in [1.165, 1.54) is 6.07 Å². The Morgan fingerprint density at radius 1 is 1.35 bits per heavy atom. The number of hydrogen-bond acceptors (Lipinski definition) is 2. The molecule has 1 aliphatic heterocycles. The van der Waals surface area contributed by atoms with Crippen molar-refractivity contribution < 1.29 is 8.96 Å². The van der Waals surface area contributed by atoms with Gasteiger partial charge < -0.3 is 4.90 Å². The fraction of sp³-hybridized carbons (Fsp3) is 0.316. The van der Waals surface area contributed by atoms with E-state index in [0.717, 1.165) is 36.8 Å². The number of nitrogens with zero attached hydrogens (tertiary/aromatic N) is 4. The van der Waals surface area contributed by atoms with Gasteiger partial charge in [-0.25, -0.2) is 8.96 Å². The highest BCUT2D eigenvalue weighted by Gasteiger charge is 2.20. The number of fused-ring (bicyclic) bond motifs is 1. The van der Waals surface area contributed by atoms with Crippen LogP contribution in [0.4, 0.5) is 4.39 Å². The van der Waals surface area contributed by atoms with Gasteiger partial charge in [0.1, 0.15) is 24.2 Å². The molecular formula is C19H20ClFN5+. The van der Waals surface area contributed by atoms with E-state index < -0.39 is 5.82 Å². The zero-order valence-corrected chi connectivity index (χ0v) is 15.3. The summed E-state index contributed by atoms with van der Waals surface area (Å²) < 4.78 is 18.5. The van der Waals surface area contributed by atoms with E-state index in [1.54, 1.807) is 16.9 Å². The molecule has 1 fully saturated rings. The lowest BCUT2D eigenvalue weighted by Crippen LogP contribution is -2.28. The normalized spacial score (nSPS) is 14.3. The van der Waals surface area contributed by atoms with Crippen LogP contribution in [-0.2, 0) is 13.6 Å². The summed E-state index contributed by atoms with van der Waals surface area (Å²) in [6, 6.07) is 5.07. The van der Waals surface area contributed by atoms with E-state index in [9.17, 15) is 4.39 Å². The van der Waals surface area contributed by atoms with E-state index in [0.29, 0.717) is 22.0 Å². The van der Waals surface area contributed by atoms with Crippen molar-refractivity contribution in [1.82, 2.24) is 14.7 Å². The summed E-state index contributed by atoms with van der Waals surface area (Å²) in [7, 11) is 1.93. The van der Waals surface area contributed by atoms with Crippen molar-refractivity contribution in [1.29, 1.82) is 5.41 Å². The molecule has 1 aliphatic rings. The molecule has 1 aromatic carbocycles. The minimum Gasteiger partial charge on any atom is -0.357 e. The smallest absolute Gasteiger partial charge is 0.194 e. The third-order valence-electron chi connectivity index (χ3n) is 4.87. The Morgan fingerprint density at radius 2 is 2.12 bits per heavy atom. The molecule has 0 radical (unpaired) electrons. The highest BCUT2D eigenvalue weighted by molar-refractivity contribution is 6.31. The summed E-state index contributed by atoms with van der Waals surface area (Å²) in [6.45, 7) is 1.93. The molecule has 1 saturated heterocycles. The fourth-order valence-corrected chi connectivity index (χ4v) is 3.67. The standard InChI is InChI=1S/C19H20ClFN5/c1-24-7-4-13-10-23-26(18(13)12-24)11-15-16(20)8-14(9-17(15)21)19(22)25-5-2-3-6-25/h4,7-10,12,22H,2-3,5-6,11H2,1H3/q+1. The van der Waals surface area contributed by atoms with Crippen LogP contribution in [0, 0.1) is 11.2 Å². The Morgan fingerprint density at radius 3 is 2.85 bits per heavy atom. The maximum absolute atomic E-state index is 14.8. The third-order valence-corrected chi connectivity index (χ3v) is 5.21. The molecule has 5 nitrogen and oxygen atoms in total. The van der Waals surface area contributed by atoms with Gasteiger partial charge in [0, 0.05) is 40.7 Å². The van der Waals surface area contributed by atoms with Crippen molar-refractivity contribution in [3.05, 3.63) is 58.8 Å². The van der Waals surface area contributed by atoms with Gasteiger partial charge in [-0.3, -0.25) is 10.1 Å². The number of aromatic nitrogens is 3. The van der Waals surface area contributed by atoms with Crippen molar-refractivity contribution in [3.63, 3.8) is 0 Å². The van der Waals surface area contributed by atoms with Crippen LogP contribution < -0.4 is 4.57 Å². The van der Waals surface area contributed by atoms with Crippen molar-refractivity contribution >= 4 is 28.3 Å². The monoisotopic (exact) mass is 372 g/mol. The summed E-state index contributed by atoms with van der Waals surface area (Å²) in [4.78, 5) is 1.96. The molecule has 7 heteroatoms. The average Bonchev–Trinajstić information content (AvgIpc) is 3.27.